The molecule has 0 aromatic rings. The summed E-state index contributed by atoms with van der Waals surface area (Å²) in [6.07, 6.45) is -3.92. The SMILES string of the molecule is CC(C)(N)CN1CCC(C(F)(F)F)C(C)(C)C1. The lowest BCUT2D eigenvalue weighted by Crippen LogP contribution is -2.55. The summed E-state index contributed by atoms with van der Waals surface area (Å²) in [4.78, 5) is 2.04. The van der Waals surface area contributed by atoms with E-state index in [0.717, 1.165) is 0 Å². The van der Waals surface area contributed by atoms with E-state index >= 15 is 0 Å². The van der Waals surface area contributed by atoms with Gasteiger partial charge in [-0.3, -0.25) is 0 Å². The number of nitrogens with two attached hydrogens (primary N) is 1. The molecule has 1 unspecified atom stereocenters. The minimum Gasteiger partial charge on any atom is -0.324 e. The Kier molecular flexibility index (Phi) is 3.85. The third-order valence-electron chi connectivity index (χ3n) is 3.33. The van der Waals surface area contributed by atoms with Gasteiger partial charge in [-0.05, 0) is 32.2 Å². The summed E-state index contributed by atoms with van der Waals surface area (Å²) in [7, 11) is 0. The van der Waals surface area contributed by atoms with Crippen LogP contribution in [0.4, 0.5) is 13.2 Å². The second-order valence-corrected chi connectivity index (χ2v) is 6.57. The molecule has 5 heteroatoms. The molecular weight excluding hydrogens is 229 g/mol. The summed E-state index contributed by atoms with van der Waals surface area (Å²) in [6.45, 7) is 8.76. The quantitative estimate of drug-likeness (QED) is 0.818. The summed E-state index contributed by atoms with van der Waals surface area (Å²) in [6, 6.07) is 0. The first-order chi connectivity index (χ1) is 7.42. The Morgan fingerprint density at radius 2 is 1.82 bits per heavy atom. The molecule has 2 N–H and O–H groups in total. The molecule has 1 aliphatic heterocycles. The predicted molar refractivity (Wildman–Crippen MR) is 62.6 cm³/mol. The molecular formula is C12H23F3N2. The van der Waals surface area contributed by atoms with E-state index in [1.54, 1.807) is 13.8 Å². The minimum absolute atomic E-state index is 0.173. The van der Waals surface area contributed by atoms with Crippen LogP contribution in [0.3, 0.4) is 0 Å². The van der Waals surface area contributed by atoms with Crippen molar-refractivity contribution < 1.29 is 13.2 Å². The van der Waals surface area contributed by atoms with E-state index in [9.17, 15) is 13.2 Å². The number of nitrogens with zero attached hydrogens (tertiary/aromatic N) is 1. The molecule has 0 amide bonds. The number of rotatable bonds is 2. The third kappa shape index (κ3) is 4.14. The van der Waals surface area contributed by atoms with Gasteiger partial charge in [0.05, 0.1) is 5.92 Å². The fraction of sp³-hybridized carbons (Fsp3) is 1.00. The molecule has 0 spiro atoms. The lowest BCUT2D eigenvalue weighted by Gasteiger charge is -2.46. The van der Waals surface area contributed by atoms with E-state index < -0.39 is 17.5 Å². The van der Waals surface area contributed by atoms with Crippen molar-refractivity contribution in [2.24, 2.45) is 17.1 Å². The lowest BCUT2D eigenvalue weighted by molar-refractivity contribution is -0.217. The topological polar surface area (TPSA) is 29.3 Å². The van der Waals surface area contributed by atoms with Crippen LogP contribution in [0.2, 0.25) is 0 Å². The number of piperidine rings is 1. The van der Waals surface area contributed by atoms with E-state index in [0.29, 0.717) is 19.6 Å². The molecule has 1 atom stereocenters. The van der Waals surface area contributed by atoms with Gasteiger partial charge in [-0.2, -0.15) is 13.2 Å². The van der Waals surface area contributed by atoms with Crippen molar-refractivity contribution in [1.82, 2.24) is 4.90 Å². The first kappa shape index (κ1) is 14.8. The molecule has 0 radical (unpaired) electrons. The second kappa shape index (κ2) is 4.43. The van der Waals surface area contributed by atoms with Crippen LogP contribution < -0.4 is 5.73 Å². The highest BCUT2D eigenvalue weighted by Crippen LogP contribution is 2.45. The van der Waals surface area contributed by atoms with Gasteiger partial charge in [0, 0.05) is 18.6 Å². The molecule has 102 valence electrons. The maximum atomic E-state index is 12.9. The van der Waals surface area contributed by atoms with Gasteiger partial charge < -0.3 is 10.6 Å². The maximum absolute atomic E-state index is 12.9. The summed E-state index contributed by atoms with van der Waals surface area (Å²) in [5.41, 5.74) is 4.82. The highest BCUT2D eigenvalue weighted by Gasteiger charge is 2.51. The highest BCUT2D eigenvalue weighted by atomic mass is 19.4. The van der Waals surface area contributed by atoms with Crippen molar-refractivity contribution in [3.63, 3.8) is 0 Å². The van der Waals surface area contributed by atoms with Crippen LogP contribution >= 0.6 is 0 Å². The van der Waals surface area contributed by atoms with Crippen molar-refractivity contribution >= 4 is 0 Å². The first-order valence-corrected chi connectivity index (χ1v) is 6.00. The molecule has 1 rings (SSSR count). The molecule has 2 nitrogen and oxygen atoms in total. The molecule has 1 fully saturated rings. The summed E-state index contributed by atoms with van der Waals surface area (Å²) < 4.78 is 38.6. The molecule has 1 aliphatic rings. The number of likely N-dealkylation sites (tertiary alicyclic amines) is 1. The first-order valence-electron chi connectivity index (χ1n) is 6.00. The minimum atomic E-state index is -4.09. The van der Waals surface area contributed by atoms with Gasteiger partial charge in [0.1, 0.15) is 0 Å². The standard InChI is InChI=1S/C12H23F3N2/c1-10(2)7-17(8-11(3,4)16)6-5-9(10)12(13,14)15/h9H,5-8,16H2,1-4H3. The van der Waals surface area contributed by atoms with E-state index in [4.69, 9.17) is 5.73 Å². The molecule has 0 aromatic carbocycles. The summed E-state index contributed by atoms with van der Waals surface area (Å²) >= 11 is 0. The lowest BCUT2D eigenvalue weighted by atomic mass is 9.73. The fourth-order valence-electron chi connectivity index (χ4n) is 2.79. The number of halogens is 3. The van der Waals surface area contributed by atoms with Crippen molar-refractivity contribution in [2.75, 3.05) is 19.6 Å². The van der Waals surface area contributed by atoms with Gasteiger partial charge in [0.25, 0.3) is 0 Å². The van der Waals surface area contributed by atoms with Crippen LogP contribution in [-0.2, 0) is 0 Å². The van der Waals surface area contributed by atoms with Crippen molar-refractivity contribution in [3.8, 4) is 0 Å². The normalized spacial score (nSPS) is 27.2. The van der Waals surface area contributed by atoms with E-state index in [2.05, 4.69) is 0 Å². The number of hydrogen-bond acceptors (Lipinski definition) is 2. The van der Waals surface area contributed by atoms with Gasteiger partial charge >= 0.3 is 6.18 Å². The monoisotopic (exact) mass is 252 g/mol. The average molecular weight is 252 g/mol. The Labute approximate surface area is 101 Å². The van der Waals surface area contributed by atoms with E-state index in [-0.39, 0.29) is 12.0 Å². The largest absolute Gasteiger partial charge is 0.392 e. The Hall–Kier alpha value is -0.290. The maximum Gasteiger partial charge on any atom is 0.392 e. The Morgan fingerprint density at radius 1 is 1.29 bits per heavy atom. The molecule has 0 saturated carbocycles. The van der Waals surface area contributed by atoms with E-state index in [1.165, 1.54) is 0 Å². The van der Waals surface area contributed by atoms with Gasteiger partial charge in [-0.1, -0.05) is 13.8 Å². The zero-order valence-corrected chi connectivity index (χ0v) is 11.1. The van der Waals surface area contributed by atoms with Crippen LogP contribution in [0, 0.1) is 11.3 Å². The highest BCUT2D eigenvalue weighted by molar-refractivity contribution is 4.92. The number of alkyl halides is 3. The Bertz CT molecular complexity index is 266. The zero-order chi connectivity index (χ0) is 13.5. The van der Waals surface area contributed by atoms with Crippen LogP contribution in [0.1, 0.15) is 34.1 Å². The molecule has 1 saturated heterocycles. The molecule has 1 heterocycles. The van der Waals surface area contributed by atoms with Crippen LogP contribution in [0.15, 0.2) is 0 Å². The Morgan fingerprint density at radius 3 is 2.18 bits per heavy atom. The fourth-order valence-corrected chi connectivity index (χ4v) is 2.79. The van der Waals surface area contributed by atoms with Crippen LogP contribution in [0.5, 0.6) is 0 Å². The van der Waals surface area contributed by atoms with Crippen molar-refractivity contribution in [2.45, 2.75) is 45.8 Å². The van der Waals surface area contributed by atoms with Gasteiger partial charge in [-0.15, -0.1) is 0 Å². The number of hydrogen-bond donors (Lipinski definition) is 1. The van der Waals surface area contributed by atoms with Crippen LogP contribution in [-0.4, -0.2) is 36.2 Å². The molecule has 17 heavy (non-hydrogen) atoms. The van der Waals surface area contributed by atoms with Gasteiger partial charge in [-0.25, -0.2) is 0 Å². The molecule has 0 bridgehead atoms. The molecule has 0 aliphatic carbocycles. The van der Waals surface area contributed by atoms with Crippen molar-refractivity contribution in [1.29, 1.82) is 0 Å². The van der Waals surface area contributed by atoms with Gasteiger partial charge in [0.2, 0.25) is 0 Å². The average Bonchev–Trinajstić information content (AvgIpc) is 1.94. The van der Waals surface area contributed by atoms with Crippen LogP contribution in [0.25, 0.3) is 0 Å². The zero-order valence-electron chi connectivity index (χ0n) is 11.1. The Balaban J connectivity index is 2.69. The second-order valence-electron chi connectivity index (χ2n) is 6.57. The van der Waals surface area contributed by atoms with E-state index in [1.807, 2.05) is 18.7 Å². The van der Waals surface area contributed by atoms with Gasteiger partial charge in [0.15, 0.2) is 0 Å². The smallest absolute Gasteiger partial charge is 0.324 e. The molecule has 0 aromatic heterocycles. The summed E-state index contributed by atoms with van der Waals surface area (Å²) in [5.74, 6) is -1.20. The predicted octanol–water partition coefficient (Wildman–Crippen LogP) is 2.63. The third-order valence-corrected chi connectivity index (χ3v) is 3.33. The van der Waals surface area contributed by atoms with Crippen molar-refractivity contribution in [3.05, 3.63) is 0 Å². The summed E-state index contributed by atoms with van der Waals surface area (Å²) in [5, 5.41) is 0.